The van der Waals surface area contributed by atoms with Crippen molar-refractivity contribution in [1.82, 2.24) is 4.90 Å². The van der Waals surface area contributed by atoms with E-state index in [9.17, 15) is 4.79 Å². The number of carbonyl (C=O) groups excluding carboxylic acids is 1. The maximum Gasteiger partial charge on any atom is 0.321 e. The Morgan fingerprint density at radius 1 is 1.07 bits per heavy atom. The normalized spacial score (nSPS) is 18.1. The molecule has 4 rings (SSSR count). The molecule has 0 bridgehead atoms. The van der Waals surface area contributed by atoms with E-state index in [1.54, 1.807) is 0 Å². The van der Waals surface area contributed by atoms with Crippen molar-refractivity contribution < 1.29 is 9.53 Å². The van der Waals surface area contributed by atoms with E-state index >= 15 is 0 Å². The lowest BCUT2D eigenvalue weighted by Gasteiger charge is -2.44. The topological polar surface area (TPSA) is 41.6 Å². The highest BCUT2D eigenvalue weighted by molar-refractivity contribution is 6.32. The van der Waals surface area contributed by atoms with E-state index in [2.05, 4.69) is 44.3 Å². The first-order chi connectivity index (χ1) is 13.8. The summed E-state index contributed by atoms with van der Waals surface area (Å²) in [5, 5.41) is 3.71. The maximum atomic E-state index is 12.7. The Balaban J connectivity index is 1.36. The van der Waals surface area contributed by atoms with Gasteiger partial charge in [0.15, 0.2) is 0 Å². The largest absolute Gasteiger partial charge is 0.485 e. The Labute approximate surface area is 178 Å². The zero-order valence-corrected chi connectivity index (χ0v) is 18.2. The maximum absolute atomic E-state index is 12.7. The third-order valence-electron chi connectivity index (χ3n) is 6.18. The summed E-state index contributed by atoms with van der Waals surface area (Å²) in [4.78, 5) is 14.6. The smallest absolute Gasteiger partial charge is 0.321 e. The molecular weight excluding hydrogens is 384 g/mol. The van der Waals surface area contributed by atoms with E-state index in [4.69, 9.17) is 16.3 Å². The third-order valence-corrected chi connectivity index (χ3v) is 6.48. The molecule has 2 aromatic carbocycles. The molecule has 154 valence electrons. The number of benzene rings is 2. The number of piperidine rings is 1. The SMILES string of the molecule is CC(C)(C)c1ccc(NC(=O)N2CCC3(CCc4cccc(Cl)c4O3)CC2)cc1. The summed E-state index contributed by atoms with van der Waals surface area (Å²) in [6.45, 7) is 7.92. The van der Waals surface area contributed by atoms with E-state index in [1.165, 1.54) is 11.1 Å². The van der Waals surface area contributed by atoms with Crippen LogP contribution in [0.15, 0.2) is 42.5 Å². The molecular formula is C24H29ClN2O2. The Kier molecular flexibility index (Phi) is 5.24. The zero-order chi connectivity index (χ0) is 20.6. The third kappa shape index (κ3) is 4.23. The summed E-state index contributed by atoms with van der Waals surface area (Å²) in [6.07, 6.45) is 3.61. The van der Waals surface area contributed by atoms with Gasteiger partial charge in [0.1, 0.15) is 11.4 Å². The number of ether oxygens (including phenoxy) is 1. The summed E-state index contributed by atoms with van der Waals surface area (Å²) in [7, 11) is 0. The van der Waals surface area contributed by atoms with Crippen LogP contribution < -0.4 is 10.1 Å². The minimum absolute atomic E-state index is 0.0439. The van der Waals surface area contributed by atoms with Crippen molar-refractivity contribution in [1.29, 1.82) is 0 Å². The fraction of sp³-hybridized carbons (Fsp3) is 0.458. The number of amides is 2. The van der Waals surface area contributed by atoms with Gasteiger partial charge in [0.05, 0.1) is 5.02 Å². The number of rotatable bonds is 1. The van der Waals surface area contributed by atoms with Crippen molar-refractivity contribution in [2.45, 2.75) is 57.5 Å². The molecule has 1 N–H and O–H groups in total. The monoisotopic (exact) mass is 412 g/mol. The van der Waals surface area contributed by atoms with Gasteiger partial charge in [-0.1, -0.05) is 56.6 Å². The van der Waals surface area contributed by atoms with Gasteiger partial charge >= 0.3 is 6.03 Å². The summed E-state index contributed by atoms with van der Waals surface area (Å²) >= 11 is 6.35. The number of urea groups is 1. The van der Waals surface area contributed by atoms with Gasteiger partial charge in [-0.05, 0) is 47.6 Å². The van der Waals surface area contributed by atoms with Gasteiger partial charge in [-0.3, -0.25) is 0 Å². The van der Waals surface area contributed by atoms with Gasteiger partial charge in [0, 0.05) is 31.6 Å². The van der Waals surface area contributed by atoms with Gasteiger partial charge in [0.25, 0.3) is 0 Å². The lowest BCUT2D eigenvalue weighted by molar-refractivity contribution is -0.00426. The van der Waals surface area contributed by atoms with Gasteiger partial charge in [-0.15, -0.1) is 0 Å². The predicted octanol–water partition coefficient (Wildman–Crippen LogP) is 6.03. The van der Waals surface area contributed by atoms with E-state index in [-0.39, 0.29) is 17.0 Å². The molecule has 1 fully saturated rings. The number of aryl methyl sites for hydroxylation is 1. The molecule has 0 atom stereocenters. The van der Waals surface area contributed by atoms with Crippen molar-refractivity contribution in [3.8, 4) is 5.75 Å². The lowest BCUT2D eigenvalue weighted by atomic mass is 9.83. The second-order valence-electron chi connectivity index (χ2n) is 9.26. The molecule has 2 aromatic rings. The molecule has 2 aliphatic heterocycles. The van der Waals surface area contributed by atoms with Crippen molar-refractivity contribution in [2.75, 3.05) is 18.4 Å². The van der Waals surface area contributed by atoms with Crippen LogP contribution >= 0.6 is 11.6 Å². The summed E-state index contributed by atoms with van der Waals surface area (Å²) < 4.78 is 6.39. The molecule has 0 radical (unpaired) electrons. The number of hydrogen-bond acceptors (Lipinski definition) is 2. The van der Waals surface area contributed by atoms with Crippen LogP contribution in [0.2, 0.25) is 5.02 Å². The van der Waals surface area contributed by atoms with E-state index in [0.29, 0.717) is 18.1 Å². The van der Waals surface area contributed by atoms with Gasteiger partial charge in [-0.25, -0.2) is 4.79 Å². The average Bonchev–Trinajstić information content (AvgIpc) is 2.69. The standard InChI is InChI=1S/C24H29ClN2O2/c1-23(2,3)18-7-9-19(10-8-18)26-22(28)27-15-13-24(14-16-27)12-11-17-5-4-6-20(25)21(17)29-24/h4-10H,11-16H2,1-3H3,(H,26,28). The Bertz CT molecular complexity index is 894. The first-order valence-electron chi connectivity index (χ1n) is 10.4. The number of nitrogens with zero attached hydrogens (tertiary/aromatic N) is 1. The molecule has 2 amide bonds. The van der Waals surface area contributed by atoms with E-state index in [1.807, 2.05) is 29.2 Å². The number of anilines is 1. The molecule has 0 unspecified atom stereocenters. The average molecular weight is 413 g/mol. The zero-order valence-electron chi connectivity index (χ0n) is 17.4. The fourth-order valence-corrected chi connectivity index (χ4v) is 4.45. The van der Waals surface area contributed by atoms with Crippen molar-refractivity contribution in [2.24, 2.45) is 0 Å². The molecule has 2 aliphatic rings. The first kappa shape index (κ1) is 20.1. The fourth-order valence-electron chi connectivity index (χ4n) is 4.22. The Morgan fingerprint density at radius 2 is 1.76 bits per heavy atom. The highest BCUT2D eigenvalue weighted by atomic mass is 35.5. The summed E-state index contributed by atoms with van der Waals surface area (Å²) in [5.74, 6) is 0.831. The predicted molar refractivity (Wildman–Crippen MR) is 118 cm³/mol. The van der Waals surface area contributed by atoms with Gasteiger partial charge in [0.2, 0.25) is 0 Å². The quantitative estimate of drug-likeness (QED) is 0.621. The number of nitrogens with one attached hydrogen (secondary N) is 1. The Hall–Kier alpha value is -2.20. The first-order valence-corrected chi connectivity index (χ1v) is 10.8. The highest BCUT2D eigenvalue weighted by Crippen LogP contribution is 2.42. The minimum Gasteiger partial charge on any atom is -0.485 e. The second-order valence-corrected chi connectivity index (χ2v) is 9.66. The van der Waals surface area contributed by atoms with Crippen molar-refractivity contribution >= 4 is 23.3 Å². The molecule has 0 aliphatic carbocycles. The number of halogens is 1. The van der Waals surface area contributed by atoms with Crippen molar-refractivity contribution in [3.63, 3.8) is 0 Å². The molecule has 29 heavy (non-hydrogen) atoms. The molecule has 0 aromatic heterocycles. The van der Waals surface area contributed by atoms with Crippen LogP contribution in [0.4, 0.5) is 10.5 Å². The van der Waals surface area contributed by atoms with Crippen LogP contribution in [0.5, 0.6) is 5.75 Å². The van der Waals surface area contributed by atoms with Crippen LogP contribution in [0.1, 0.15) is 51.2 Å². The minimum atomic E-state index is -0.205. The lowest BCUT2D eigenvalue weighted by Crippen LogP contribution is -2.52. The number of likely N-dealkylation sites (tertiary alicyclic amines) is 1. The van der Waals surface area contributed by atoms with Crippen LogP contribution in [-0.2, 0) is 11.8 Å². The van der Waals surface area contributed by atoms with Gasteiger partial charge in [-0.2, -0.15) is 0 Å². The Morgan fingerprint density at radius 3 is 2.41 bits per heavy atom. The number of carbonyl (C=O) groups is 1. The van der Waals surface area contributed by atoms with E-state index in [0.717, 1.165) is 37.1 Å². The molecule has 4 nitrogen and oxygen atoms in total. The van der Waals surface area contributed by atoms with Crippen LogP contribution in [-0.4, -0.2) is 29.6 Å². The summed E-state index contributed by atoms with van der Waals surface area (Å²) in [5.41, 5.74) is 3.16. The van der Waals surface area contributed by atoms with Crippen LogP contribution in [0.3, 0.4) is 0 Å². The van der Waals surface area contributed by atoms with Gasteiger partial charge < -0.3 is 15.0 Å². The molecule has 5 heteroatoms. The molecule has 2 heterocycles. The second kappa shape index (κ2) is 7.56. The van der Waals surface area contributed by atoms with Crippen LogP contribution in [0, 0.1) is 0 Å². The number of fused-ring (bicyclic) bond motifs is 1. The van der Waals surface area contributed by atoms with E-state index < -0.39 is 0 Å². The molecule has 1 spiro atoms. The number of hydrogen-bond donors (Lipinski definition) is 1. The number of para-hydroxylation sites is 1. The highest BCUT2D eigenvalue weighted by Gasteiger charge is 2.41. The van der Waals surface area contributed by atoms with Crippen LogP contribution in [0.25, 0.3) is 0 Å². The molecule has 1 saturated heterocycles. The molecule has 0 saturated carbocycles. The summed E-state index contributed by atoms with van der Waals surface area (Å²) in [6, 6.07) is 14.0. The van der Waals surface area contributed by atoms with Crippen molar-refractivity contribution in [3.05, 3.63) is 58.6 Å².